The van der Waals surface area contributed by atoms with Gasteiger partial charge in [-0.15, -0.1) is 0 Å². The van der Waals surface area contributed by atoms with Gasteiger partial charge in [-0.1, -0.05) is 24.2 Å². The van der Waals surface area contributed by atoms with E-state index in [1.165, 1.54) is 11.1 Å². The first kappa shape index (κ1) is 13.3. The van der Waals surface area contributed by atoms with E-state index in [2.05, 4.69) is 42.2 Å². The van der Waals surface area contributed by atoms with Gasteiger partial charge in [0.1, 0.15) is 0 Å². The van der Waals surface area contributed by atoms with Gasteiger partial charge in [-0.25, -0.2) is 0 Å². The van der Waals surface area contributed by atoms with Gasteiger partial charge in [0.2, 0.25) is 0 Å². The summed E-state index contributed by atoms with van der Waals surface area (Å²) in [6.45, 7) is 5.83. The van der Waals surface area contributed by atoms with E-state index in [4.69, 9.17) is 9.26 Å². The average molecular weight is 272 g/mol. The Morgan fingerprint density at radius 2 is 2.05 bits per heavy atom. The molecule has 1 aromatic carbocycles. The van der Waals surface area contributed by atoms with Gasteiger partial charge in [-0.3, -0.25) is 0 Å². The lowest BCUT2D eigenvalue weighted by atomic mass is 10.00. The fourth-order valence-corrected chi connectivity index (χ4v) is 2.65. The minimum Gasteiger partial charge on any atom is -0.381 e. The zero-order chi connectivity index (χ0) is 13.9. The summed E-state index contributed by atoms with van der Waals surface area (Å²) < 4.78 is 10.8. The molecular weight excluding hydrogens is 252 g/mol. The molecule has 0 bridgehead atoms. The van der Waals surface area contributed by atoms with Crippen LogP contribution in [0.5, 0.6) is 0 Å². The van der Waals surface area contributed by atoms with Crippen LogP contribution in [0, 0.1) is 6.92 Å². The highest BCUT2D eigenvalue weighted by atomic mass is 16.5. The summed E-state index contributed by atoms with van der Waals surface area (Å²) >= 11 is 0. The van der Waals surface area contributed by atoms with E-state index < -0.39 is 0 Å². The van der Waals surface area contributed by atoms with E-state index in [1.807, 2.05) is 0 Å². The number of benzene rings is 1. The van der Waals surface area contributed by atoms with Gasteiger partial charge in [0.15, 0.2) is 5.82 Å². The van der Waals surface area contributed by atoms with Gasteiger partial charge < -0.3 is 9.26 Å². The standard InChI is InChI=1S/C16H20N2O2/c1-3-12-4-5-14(11(2)10-12)16-17-15(18-20-16)13-6-8-19-9-7-13/h4-5,10,13H,3,6-9H2,1-2H3. The molecule has 1 aromatic heterocycles. The van der Waals surface area contributed by atoms with Crippen molar-refractivity contribution in [1.82, 2.24) is 10.1 Å². The topological polar surface area (TPSA) is 48.2 Å². The zero-order valence-electron chi connectivity index (χ0n) is 12.1. The van der Waals surface area contributed by atoms with Crippen molar-refractivity contribution < 1.29 is 9.26 Å². The van der Waals surface area contributed by atoms with Crippen LogP contribution in [0.25, 0.3) is 11.5 Å². The predicted molar refractivity (Wildman–Crippen MR) is 76.6 cm³/mol. The van der Waals surface area contributed by atoms with Crippen LogP contribution in [0.2, 0.25) is 0 Å². The molecule has 0 unspecified atom stereocenters. The van der Waals surface area contributed by atoms with E-state index >= 15 is 0 Å². The molecule has 106 valence electrons. The van der Waals surface area contributed by atoms with Crippen molar-refractivity contribution in [3.05, 3.63) is 35.2 Å². The van der Waals surface area contributed by atoms with Crippen LogP contribution in [0.15, 0.2) is 22.7 Å². The van der Waals surface area contributed by atoms with Gasteiger partial charge in [0, 0.05) is 24.7 Å². The van der Waals surface area contributed by atoms with Gasteiger partial charge in [-0.05, 0) is 43.4 Å². The molecule has 0 aliphatic carbocycles. The Hall–Kier alpha value is -1.68. The Morgan fingerprint density at radius 1 is 1.25 bits per heavy atom. The molecule has 2 heterocycles. The first-order chi connectivity index (χ1) is 9.78. The molecule has 1 saturated heterocycles. The smallest absolute Gasteiger partial charge is 0.258 e. The SMILES string of the molecule is CCc1ccc(-c2nc(C3CCOCC3)no2)c(C)c1. The Kier molecular flexibility index (Phi) is 3.83. The second kappa shape index (κ2) is 5.75. The molecular formula is C16H20N2O2. The number of rotatable bonds is 3. The van der Waals surface area contributed by atoms with Gasteiger partial charge in [0.05, 0.1) is 0 Å². The predicted octanol–water partition coefficient (Wildman–Crippen LogP) is 3.50. The molecule has 0 radical (unpaired) electrons. The lowest BCUT2D eigenvalue weighted by molar-refractivity contribution is 0.0830. The van der Waals surface area contributed by atoms with Gasteiger partial charge >= 0.3 is 0 Å². The third-order valence-corrected chi connectivity index (χ3v) is 3.96. The van der Waals surface area contributed by atoms with E-state index in [0.717, 1.165) is 43.9 Å². The highest BCUT2D eigenvalue weighted by molar-refractivity contribution is 5.58. The first-order valence-electron chi connectivity index (χ1n) is 7.29. The molecule has 0 amide bonds. The van der Waals surface area contributed by atoms with Crippen molar-refractivity contribution in [1.29, 1.82) is 0 Å². The van der Waals surface area contributed by atoms with Gasteiger partial charge in [0.25, 0.3) is 5.89 Å². The fraction of sp³-hybridized carbons (Fsp3) is 0.500. The summed E-state index contributed by atoms with van der Waals surface area (Å²) in [6, 6.07) is 6.39. The van der Waals surface area contributed by atoms with Crippen LogP contribution in [0.1, 0.15) is 42.6 Å². The molecule has 0 atom stereocenters. The summed E-state index contributed by atoms with van der Waals surface area (Å²) in [7, 11) is 0. The zero-order valence-corrected chi connectivity index (χ0v) is 12.1. The summed E-state index contributed by atoms with van der Waals surface area (Å²) in [5.41, 5.74) is 3.55. The van der Waals surface area contributed by atoms with Crippen LogP contribution < -0.4 is 0 Å². The Labute approximate surface area is 119 Å². The lowest BCUT2D eigenvalue weighted by Gasteiger charge is -2.18. The summed E-state index contributed by atoms with van der Waals surface area (Å²) in [6.07, 6.45) is 3.00. The van der Waals surface area contributed by atoms with Crippen molar-refractivity contribution in [3.8, 4) is 11.5 Å². The van der Waals surface area contributed by atoms with Crippen LogP contribution in [0.3, 0.4) is 0 Å². The minimum absolute atomic E-state index is 0.372. The number of hydrogen-bond donors (Lipinski definition) is 0. The van der Waals surface area contributed by atoms with Crippen LogP contribution in [-0.2, 0) is 11.2 Å². The highest BCUT2D eigenvalue weighted by Gasteiger charge is 2.22. The van der Waals surface area contributed by atoms with E-state index in [9.17, 15) is 0 Å². The Morgan fingerprint density at radius 3 is 2.75 bits per heavy atom. The summed E-state index contributed by atoms with van der Waals surface area (Å²) in [5.74, 6) is 1.82. The van der Waals surface area contributed by atoms with Crippen molar-refractivity contribution in [2.75, 3.05) is 13.2 Å². The maximum atomic E-state index is 5.46. The monoisotopic (exact) mass is 272 g/mol. The third-order valence-electron chi connectivity index (χ3n) is 3.96. The van der Waals surface area contributed by atoms with Crippen LogP contribution >= 0.6 is 0 Å². The number of nitrogens with zero attached hydrogens (tertiary/aromatic N) is 2. The number of ether oxygens (including phenoxy) is 1. The van der Waals surface area contributed by atoms with Crippen molar-refractivity contribution in [3.63, 3.8) is 0 Å². The van der Waals surface area contributed by atoms with Crippen molar-refractivity contribution in [2.45, 2.75) is 39.0 Å². The molecule has 0 spiro atoms. The highest BCUT2D eigenvalue weighted by Crippen LogP contribution is 2.28. The molecule has 1 fully saturated rings. The molecule has 1 aliphatic rings. The Balaban J connectivity index is 1.85. The Bertz CT molecular complexity index is 586. The second-order valence-corrected chi connectivity index (χ2v) is 5.35. The number of aryl methyl sites for hydroxylation is 2. The second-order valence-electron chi connectivity index (χ2n) is 5.35. The van der Waals surface area contributed by atoms with Crippen LogP contribution in [-0.4, -0.2) is 23.4 Å². The van der Waals surface area contributed by atoms with E-state index in [-0.39, 0.29) is 0 Å². The number of hydrogen-bond acceptors (Lipinski definition) is 4. The maximum Gasteiger partial charge on any atom is 0.258 e. The molecule has 0 saturated carbocycles. The normalized spacial score (nSPS) is 16.5. The molecule has 2 aromatic rings. The molecule has 0 N–H and O–H groups in total. The third kappa shape index (κ3) is 2.61. The van der Waals surface area contributed by atoms with Crippen molar-refractivity contribution >= 4 is 0 Å². The van der Waals surface area contributed by atoms with E-state index in [1.54, 1.807) is 0 Å². The molecule has 3 rings (SSSR count). The van der Waals surface area contributed by atoms with Crippen LogP contribution in [0.4, 0.5) is 0 Å². The first-order valence-corrected chi connectivity index (χ1v) is 7.29. The average Bonchev–Trinajstić information content (AvgIpc) is 2.97. The van der Waals surface area contributed by atoms with Gasteiger partial charge in [-0.2, -0.15) is 4.98 Å². The van der Waals surface area contributed by atoms with E-state index in [0.29, 0.717) is 11.8 Å². The lowest BCUT2D eigenvalue weighted by Crippen LogP contribution is -2.15. The summed E-state index contributed by atoms with van der Waals surface area (Å²) in [5, 5.41) is 4.16. The largest absolute Gasteiger partial charge is 0.381 e. The quantitative estimate of drug-likeness (QED) is 0.858. The molecule has 4 nitrogen and oxygen atoms in total. The fourth-order valence-electron chi connectivity index (χ4n) is 2.65. The van der Waals surface area contributed by atoms with Crippen molar-refractivity contribution in [2.24, 2.45) is 0 Å². The molecule has 1 aliphatic heterocycles. The molecule has 20 heavy (non-hydrogen) atoms. The summed E-state index contributed by atoms with van der Waals surface area (Å²) in [4.78, 5) is 4.59. The number of aromatic nitrogens is 2. The minimum atomic E-state index is 0.372. The maximum absolute atomic E-state index is 5.46. The molecule has 4 heteroatoms.